The van der Waals surface area contributed by atoms with Crippen molar-refractivity contribution in [3.8, 4) is 0 Å². The fraction of sp³-hybridized carbons (Fsp3) is 0.875. The SMILES string of the molecule is CC1CCC(NC(=O)N2CC(C)CC(C)C2)(C(=O)O)CC1. The number of aliphatic carboxylic acids is 1. The average Bonchev–Trinajstić information content (AvgIpc) is 2.40. The molecule has 0 aromatic carbocycles. The van der Waals surface area contributed by atoms with E-state index in [9.17, 15) is 14.7 Å². The molecule has 2 amide bonds. The molecule has 0 spiro atoms. The number of piperidine rings is 1. The van der Waals surface area contributed by atoms with Crippen molar-refractivity contribution in [2.75, 3.05) is 13.1 Å². The summed E-state index contributed by atoms with van der Waals surface area (Å²) >= 11 is 0. The third-order valence-corrected chi connectivity index (χ3v) is 5.04. The minimum atomic E-state index is -1.06. The number of carboxylic acid groups (broad SMARTS) is 1. The monoisotopic (exact) mass is 296 g/mol. The lowest BCUT2D eigenvalue weighted by Crippen LogP contribution is -2.60. The molecule has 0 bridgehead atoms. The van der Waals surface area contributed by atoms with Gasteiger partial charge >= 0.3 is 12.0 Å². The number of carbonyl (C=O) groups excluding carboxylic acids is 1. The second kappa shape index (κ2) is 6.24. The summed E-state index contributed by atoms with van der Waals surface area (Å²) in [7, 11) is 0. The van der Waals surface area contributed by atoms with E-state index in [-0.39, 0.29) is 6.03 Å². The Labute approximate surface area is 127 Å². The Morgan fingerprint density at radius 1 is 1.05 bits per heavy atom. The molecule has 0 aromatic heterocycles. The maximum absolute atomic E-state index is 12.5. The Morgan fingerprint density at radius 2 is 1.57 bits per heavy atom. The zero-order valence-corrected chi connectivity index (χ0v) is 13.4. The van der Waals surface area contributed by atoms with Crippen molar-refractivity contribution in [3.63, 3.8) is 0 Å². The number of nitrogens with one attached hydrogen (secondary N) is 1. The Morgan fingerprint density at radius 3 is 2.05 bits per heavy atom. The van der Waals surface area contributed by atoms with Gasteiger partial charge in [-0.15, -0.1) is 0 Å². The predicted octanol–water partition coefficient (Wildman–Crippen LogP) is 2.71. The Kier molecular flexibility index (Phi) is 4.79. The molecule has 21 heavy (non-hydrogen) atoms. The number of likely N-dealkylation sites (tertiary alicyclic amines) is 1. The first-order valence-electron chi connectivity index (χ1n) is 8.13. The lowest BCUT2D eigenvalue weighted by molar-refractivity contribution is -0.146. The molecule has 120 valence electrons. The predicted molar refractivity (Wildman–Crippen MR) is 81.0 cm³/mol. The van der Waals surface area contributed by atoms with Crippen LogP contribution in [-0.4, -0.2) is 40.6 Å². The van der Waals surface area contributed by atoms with Gasteiger partial charge < -0.3 is 15.3 Å². The molecule has 1 heterocycles. The van der Waals surface area contributed by atoms with E-state index in [1.807, 2.05) is 0 Å². The van der Waals surface area contributed by atoms with Crippen LogP contribution in [0.15, 0.2) is 0 Å². The minimum Gasteiger partial charge on any atom is -0.480 e. The van der Waals surface area contributed by atoms with Crippen molar-refractivity contribution >= 4 is 12.0 Å². The van der Waals surface area contributed by atoms with Crippen LogP contribution in [0.4, 0.5) is 4.79 Å². The molecule has 1 aliphatic heterocycles. The summed E-state index contributed by atoms with van der Waals surface area (Å²) < 4.78 is 0. The summed E-state index contributed by atoms with van der Waals surface area (Å²) in [6, 6.07) is -0.203. The summed E-state index contributed by atoms with van der Waals surface area (Å²) in [5.74, 6) is 0.614. The maximum atomic E-state index is 12.5. The van der Waals surface area contributed by atoms with E-state index in [2.05, 4.69) is 26.1 Å². The summed E-state index contributed by atoms with van der Waals surface area (Å²) in [6.07, 6.45) is 3.92. The third-order valence-electron chi connectivity index (χ3n) is 5.04. The Balaban J connectivity index is 2.03. The first kappa shape index (κ1) is 16.1. The smallest absolute Gasteiger partial charge is 0.329 e. The molecule has 1 saturated carbocycles. The van der Waals surface area contributed by atoms with Crippen LogP contribution in [0.1, 0.15) is 52.9 Å². The molecule has 2 rings (SSSR count). The maximum Gasteiger partial charge on any atom is 0.329 e. The van der Waals surface area contributed by atoms with E-state index < -0.39 is 11.5 Å². The van der Waals surface area contributed by atoms with Crippen molar-refractivity contribution in [1.82, 2.24) is 10.2 Å². The number of amides is 2. The fourth-order valence-corrected chi connectivity index (χ4v) is 3.76. The quantitative estimate of drug-likeness (QED) is 0.823. The van der Waals surface area contributed by atoms with Crippen LogP contribution in [-0.2, 0) is 4.79 Å². The Hall–Kier alpha value is -1.26. The summed E-state index contributed by atoms with van der Waals surface area (Å²) in [5.41, 5.74) is -1.06. The number of rotatable bonds is 2. The van der Waals surface area contributed by atoms with Crippen molar-refractivity contribution in [2.45, 2.75) is 58.4 Å². The molecule has 5 heteroatoms. The molecule has 2 aliphatic rings. The number of urea groups is 1. The Bertz CT molecular complexity index is 392. The fourth-order valence-electron chi connectivity index (χ4n) is 3.76. The van der Waals surface area contributed by atoms with Crippen molar-refractivity contribution in [2.24, 2.45) is 17.8 Å². The topological polar surface area (TPSA) is 69.6 Å². The lowest BCUT2D eigenvalue weighted by Gasteiger charge is -2.40. The van der Waals surface area contributed by atoms with E-state index in [0.717, 1.165) is 32.4 Å². The number of hydrogen-bond acceptors (Lipinski definition) is 2. The molecular weight excluding hydrogens is 268 g/mol. The van der Waals surface area contributed by atoms with E-state index in [0.29, 0.717) is 30.6 Å². The number of carbonyl (C=O) groups is 2. The van der Waals surface area contributed by atoms with Gasteiger partial charge in [-0.3, -0.25) is 0 Å². The van der Waals surface area contributed by atoms with Gasteiger partial charge in [0.05, 0.1) is 0 Å². The van der Waals surface area contributed by atoms with Crippen LogP contribution in [0.25, 0.3) is 0 Å². The largest absolute Gasteiger partial charge is 0.480 e. The second-order valence-corrected chi connectivity index (χ2v) is 7.35. The lowest BCUT2D eigenvalue weighted by atomic mass is 9.77. The van der Waals surface area contributed by atoms with Crippen molar-refractivity contribution in [1.29, 1.82) is 0 Å². The van der Waals surface area contributed by atoms with Crippen molar-refractivity contribution in [3.05, 3.63) is 0 Å². The van der Waals surface area contributed by atoms with Gasteiger partial charge in [-0.05, 0) is 49.9 Å². The van der Waals surface area contributed by atoms with E-state index >= 15 is 0 Å². The van der Waals surface area contributed by atoms with Gasteiger partial charge in [-0.1, -0.05) is 20.8 Å². The van der Waals surface area contributed by atoms with Gasteiger partial charge in [-0.2, -0.15) is 0 Å². The van der Waals surface area contributed by atoms with Crippen LogP contribution in [0.2, 0.25) is 0 Å². The van der Waals surface area contributed by atoms with Gasteiger partial charge in [0.15, 0.2) is 0 Å². The minimum absolute atomic E-state index is 0.203. The number of hydrogen-bond donors (Lipinski definition) is 2. The zero-order chi connectivity index (χ0) is 15.6. The summed E-state index contributed by atoms with van der Waals surface area (Å²) in [4.78, 5) is 26.0. The number of nitrogens with zero attached hydrogens (tertiary/aromatic N) is 1. The van der Waals surface area contributed by atoms with E-state index in [4.69, 9.17) is 0 Å². The third kappa shape index (κ3) is 3.69. The van der Waals surface area contributed by atoms with Gasteiger partial charge in [-0.25, -0.2) is 9.59 Å². The molecule has 2 N–H and O–H groups in total. The van der Waals surface area contributed by atoms with Crippen LogP contribution >= 0.6 is 0 Å². The molecule has 1 aliphatic carbocycles. The normalized spacial score (nSPS) is 37.1. The van der Waals surface area contributed by atoms with E-state index in [1.54, 1.807) is 4.90 Å². The molecule has 0 radical (unpaired) electrons. The van der Waals surface area contributed by atoms with Crippen LogP contribution in [0.3, 0.4) is 0 Å². The average molecular weight is 296 g/mol. The van der Waals surface area contributed by atoms with Gasteiger partial charge in [0.25, 0.3) is 0 Å². The zero-order valence-electron chi connectivity index (χ0n) is 13.4. The summed E-state index contributed by atoms with van der Waals surface area (Å²) in [5, 5.41) is 12.4. The van der Waals surface area contributed by atoms with Crippen LogP contribution < -0.4 is 5.32 Å². The highest BCUT2D eigenvalue weighted by atomic mass is 16.4. The standard InChI is InChI=1S/C16H28N2O3/c1-11-4-6-16(7-5-11,14(19)20)17-15(21)18-9-12(2)8-13(3)10-18/h11-13H,4-10H2,1-3H3,(H,17,21)(H,19,20). The molecule has 2 unspecified atom stereocenters. The van der Waals surface area contributed by atoms with Crippen molar-refractivity contribution < 1.29 is 14.7 Å². The first-order chi connectivity index (χ1) is 9.82. The highest BCUT2D eigenvalue weighted by molar-refractivity contribution is 5.86. The first-order valence-corrected chi connectivity index (χ1v) is 8.13. The molecule has 5 nitrogen and oxygen atoms in total. The molecule has 2 atom stereocenters. The molecule has 1 saturated heterocycles. The van der Waals surface area contributed by atoms with E-state index in [1.165, 1.54) is 0 Å². The highest BCUT2D eigenvalue weighted by Crippen LogP contribution is 2.32. The highest BCUT2D eigenvalue weighted by Gasteiger charge is 2.43. The van der Waals surface area contributed by atoms with Gasteiger partial charge in [0.1, 0.15) is 5.54 Å². The molecule has 2 fully saturated rings. The molecular formula is C16H28N2O3. The van der Waals surface area contributed by atoms with Crippen LogP contribution in [0.5, 0.6) is 0 Å². The van der Waals surface area contributed by atoms with Crippen LogP contribution in [0, 0.1) is 17.8 Å². The summed E-state index contributed by atoms with van der Waals surface area (Å²) in [6.45, 7) is 7.88. The number of carboxylic acids is 1. The van der Waals surface area contributed by atoms with Gasteiger partial charge in [0.2, 0.25) is 0 Å². The second-order valence-electron chi connectivity index (χ2n) is 7.35. The molecule has 0 aromatic rings. The van der Waals surface area contributed by atoms with Gasteiger partial charge in [0, 0.05) is 13.1 Å².